The minimum Gasteiger partial charge on any atom is -0.395 e. The summed E-state index contributed by atoms with van der Waals surface area (Å²) >= 11 is 0. The predicted molar refractivity (Wildman–Crippen MR) is 75.3 cm³/mol. The smallest absolute Gasteiger partial charge is 0.313 e. The lowest BCUT2D eigenvalue weighted by Crippen LogP contribution is -2.42. The molecule has 0 saturated heterocycles. The maximum atomic E-state index is 11.9. The molecule has 2 amide bonds. The monoisotopic (exact) mass is 280 g/mol. The number of nitrogens with zero attached hydrogens (tertiary/aromatic N) is 1. The summed E-state index contributed by atoms with van der Waals surface area (Å²) in [6, 6.07) is 5.35. The van der Waals surface area contributed by atoms with Crippen molar-refractivity contribution in [2.75, 3.05) is 31.6 Å². The van der Waals surface area contributed by atoms with Gasteiger partial charge in [0.15, 0.2) is 0 Å². The molecule has 1 aromatic rings. The van der Waals surface area contributed by atoms with Crippen molar-refractivity contribution in [2.24, 2.45) is 0 Å². The average molecular weight is 280 g/mol. The van der Waals surface area contributed by atoms with Crippen molar-refractivity contribution in [3.63, 3.8) is 0 Å². The third-order valence-corrected chi connectivity index (χ3v) is 2.99. The van der Waals surface area contributed by atoms with E-state index < -0.39 is 11.8 Å². The predicted octanol–water partition coefficient (Wildman–Crippen LogP) is 0.0551. The Morgan fingerprint density at radius 1 is 1.10 bits per heavy atom. The van der Waals surface area contributed by atoms with Crippen LogP contribution >= 0.6 is 0 Å². The van der Waals surface area contributed by atoms with Gasteiger partial charge in [0.05, 0.1) is 13.2 Å². The van der Waals surface area contributed by atoms with Crippen molar-refractivity contribution in [3.05, 3.63) is 29.3 Å². The molecule has 0 unspecified atom stereocenters. The second kappa shape index (κ2) is 7.62. The first-order valence-electron chi connectivity index (χ1n) is 6.38. The molecule has 1 rings (SSSR count). The third kappa shape index (κ3) is 4.32. The van der Waals surface area contributed by atoms with Gasteiger partial charge in [0.1, 0.15) is 0 Å². The van der Waals surface area contributed by atoms with Gasteiger partial charge < -0.3 is 20.4 Å². The number of aliphatic hydroxyl groups is 2. The Kier molecular flexibility index (Phi) is 6.14. The van der Waals surface area contributed by atoms with E-state index in [0.717, 1.165) is 16.0 Å². The summed E-state index contributed by atoms with van der Waals surface area (Å²) in [5.41, 5.74) is 2.65. The highest BCUT2D eigenvalue weighted by Gasteiger charge is 2.21. The van der Waals surface area contributed by atoms with Crippen molar-refractivity contribution >= 4 is 17.5 Å². The molecule has 6 nitrogen and oxygen atoms in total. The number of hydrogen-bond acceptors (Lipinski definition) is 4. The second-order valence-electron chi connectivity index (χ2n) is 4.49. The van der Waals surface area contributed by atoms with Crippen LogP contribution in [-0.2, 0) is 9.59 Å². The zero-order valence-electron chi connectivity index (χ0n) is 11.7. The van der Waals surface area contributed by atoms with Crippen LogP contribution < -0.4 is 5.32 Å². The topological polar surface area (TPSA) is 89.9 Å². The largest absolute Gasteiger partial charge is 0.395 e. The van der Waals surface area contributed by atoms with Crippen LogP contribution in [0.15, 0.2) is 18.2 Å². The zero-order valence-corrected chi connectivity index (χ0v) is 11.7. The van der Waals surface area contributed by atoms with Crippen molar-refractivity contribution in [3.8, 4) is 0 Å². The fraction of sp³-hybridized carbons (Fsp3) is 0.429. The molecule has 20 heavy (non-hydrogen) atoms. The highest BCUT2D eigenvalue weighted by atomic mass is 16.3. The maximum absolute atomic E-state index is 11.9. The molecule has 0 radical (unpaired) electrons. The Morgan fingerprint density at radius 3 is 2.20 bits per heavy atom. The minimum atomic E-state index is -0.782. The molecule has 6 heteroatoms. The van der Waals surface area contributed by atoms with Crippen molar-refractivity contribution in [1.29, 1.82) is 0 Å². The number of carbonyl (C=O) groups is 2. The summed E-state index contributed by atoms with van der Waals surface area (Å²) < 4.78 is 0. The normalized spacial score (nSPS) is 10.2. The molecule has 0 heterocycles. The van der Waals surface area contributed by atoms with E-state index in [4.69, 9.17) is 10.2 Å². The van der Waals surface area contributed by atoms with Crippen LogP contribution in [0, 0.1) is 13.8 Å². The Hall–Kier alpha value is -1.92. The van der Waals surface area contributed by atoms with Gasteiger partial charge in [0, 0.05) is 18.8 Å². The molecule has 0 atom stereocenters. The first-order chi connectivity index (χ1) is 9.49. The summed E-state index contributed by atoms with van der Waals surface area (Å²) in [6.07, 6.45) is 0. The molecule has 0 aromatic heterocycles. The number of benzene rings is 1. The van der Waals surface area contributed by atoms with Crippen molar-refractivity contribution < 1.29 is 19.8 Å². The van der Waals surface area contributed by atoms with E-state index in [9.17, 15) is 9.59 Å². The van der Waals surface area contributed by atoms with Crippen molar-refractivity contribution in [1.82, 2.24) is 4.90 Å². The van der Waals surface area contributed by atoms with Crippen LogP contribution in [0.3, 0.4) is 0 Å². The first kappa shape index (κ1) is 16.1. The van der Waals surface area contributed by atoms with Gasteiger partial charge in [-0.1, -0.05) is 6.07 Å². The average Bonchev–Trinajstić information content (AvgIpc) is 2.42. The van der Waals surface area contributed by atoms with Gasteiger partial charge in [-0.05, 0) is 37.1 Å². The highest BCUT2D eigenvalue weighted by Crippen LogP contribution is 2.14. The van der Waals surface area contributed by atoms with Crippen LogP contribution in [0.25, 0.3) is 0 Å². The number of hydrogen-bond donors (Lipinski definition) is 3. The van der Waals surface area contributed by atoms with E-state index >= 15 is 0 Å². The highest BCUT2D eigenvalue weighted by molar-refractivity contribution is 6.39. The van der Waals surface area contributed by atoms with Crippen LogP contribution in [0.2, 0.25) is 0 Å². The van der Waals surface area contributed by atoms with Gasteiger partial charge in [-0.2, -0.15) is 0 Å². The number of carbonyl (C=O) groups excluding carboxylic acids is 2. The molecule has 110 valence electrons. The number of nitrogens with one attached hydrogen (secondary N) is 1. The molecule has 0 fully saturated rings. The van der Waals surface area contributed by atoms with Crippen LogP contribution in [-0.4, -0.2) is 53.2 Å². The van der Waals surface area contributed by atoms with E-state index in [1.54, 1.807) is 12.1 Å². The molecule has 0 aliphatic rings. The van der Waals surface area contributed by atoms with Crippen LogP contribution in [0.1, 0.15) is 11.1 Å². The van der Waals surface area contributed by atoms with Gasteiger partial charge in [-0.3, -0.25) is 9.59 Å². The molecule has 0 aliphatic carbocycles. The molecule has 0 spiro atoms. The Bertz CT molecular complexity index is 482. The van der Waals surface area contributed by atoms with Gasteiger partial charge in [-0.15, -0.1) is 0 Å². The molecule has 1 aromatic carbocycles. The van der Waals surface area contributed by atoms with Gasteiger partial charge in [-0.25, -0.2) is 0 Å². The molecule has 0 bridgehead atoms. The van der Waals surface area contributed by atoms with E-state index in [1.807, 2.05) is 19.9 Å². The fourth-order valence-electron chi connectivity index (χ4n) is 1.70. The SMILES string of the molecule is Cc1ccc(NC(=O)C(=O)N(CCO)CCO)cc1C. The number of amides is 2. The summed E-state index contributed by atoms with van der Waals surface area (Å²) in [5, 5.41) is 20.2. The second-order valence-corrected chi connectivity index (χ2v) is 4.49. The van der Waals surface area contributed by atoms with Gasteiger partial charge >= 0.3 is 11.8 Å². The lowest BCUT2D eigenvalue weighted by atomic mass is 10.1. The number of anilines is 1. The quantitative estimate of drug-likeness (QED) is 0.665. The molecule has 0 saturated carbocycles. The Labute approximate surface area is 118 Å². The standard InChI is InChI=1S/C14H20N2O4/c1-10-3-4-12(9-11(10)2)15-13(19)14(20)16(5-7-17)6-8-18/h3-4,9,17-18H,5-8H2,1-2H3,(H,15,19). The number of rotatable bonds is 5. The van der Waals surface area contributed by atoms with E-state index in [1.165, 1.54) is 0 Å². The van der Waals surface area contributed by atoms with E-state index in [2.05, 4.69) is 5.32 Å². The molecular weight excluding hydrogens is 260 g/mol. The zero-order chi connectivity index (χ0) is 15.1. The van der Waals surface area contributed by atoms with Gasteiger partial charge in [0.2, 0.25) is 0 Å². The molecule has 0 aliphatic heterocycles. The van der Waals surface area contributed by atoms with Gasteiger partial charge in [0.25, 0.3) is 0 Å². The Balaban J connectivity index is 2.73. The summed E-state index contributed by atoms with van der Waals surface area (Å²) in [6.45, 7) is 3.37. The number of aryl methyl sites for hydroxylation is 2. The lowest BCUT2D eigenvalue weighted by Gasteiger charge is -2.19. The molecule has 3 N–H and O–H groups in total. The Morgan fingerprint density at radius 2 is 1.70 bits per heavy atom. The van der Waals surface area contributed by atoms with E-state index in [0.29, 0.717) is 5.69 Å². The van der Waals surface area contributed by atoms with Crippen LogP contribution in [0.5, 0.6) is 0 Å². The molecular formula is C14H20N2O4. The summed E-state index contributed by atoms with van der Waals surface area (Å²) in [4.78, 5) is 24.8. The van der Waals surface area contributed by atoms with E-state index in [-0.39, 0.29) is 26.3 Å². The summed E-state index contributed by atoms with van der Waals surface area (Å²) in [5.74, 6) is -1.55. The minimum absolute atomic E-state index is 0.0136. The van der Waals surface area contributed by atoms with Crippen LogP contribution in [0.4, 0.5) is 5.69 Å². The van der Waals surface area contributed by atoms with Crippen molar-refractivity contribution in [2.45, 2.75) is 13.8 Å². The fourth-order valence-corrected chi connectivity index (χ4v) is 1.70. The third-order valence-electron chi connectivity index (χ3n) is 2.99. The summed E-state index contributed by atoms with van der Waals surface area (Å²) in [7, 11) is 0. The maximum Gasteiger partial charge on any atom is 0.313 e. The lowest BCUT2D eigenvalue weighted by molar-refractivity contribution is -0.143. The first-order valence-corrected chi connectivity index (χ1v) is 6.38. The number of aliphatic hydroxyl groups excluding tert-OH is 2.